The molecule has 0 bridgehead atoms. The second-order valence-electron chi connectivity index (χ2n) is 7.70. The number of hydrogen-bond donors (Lipinski definition) is 3. The number of aromatic nitrogens is 1. The normalized spacial score (nSPS) is 12.8. The van der Waals surface area contributed by atoms with Gasteiger partial charge in [0.25, 0.3) is 0 Å². The van der Waals surface area contributed by atoms with E-state index in [1.54, 1.807) is 24.3 Å². The van der Waals surface area contributed by atoms with Gasteiger partial charge in [-0.1, -0.05) is 48.5 Å². The van der Waals surface area contributed by atoms with Gasteiger partial charge in [-0.15, -0.1) is 4.83 Å². The van der Waals surface area contributed by atoms with Crippen molar-refractivity contribution in [3.8, 4) is 16.9 Å². The van der Waals surface area contributed by atoms with E-state index in [9.17, 15) is 17.4 Å². The van der Waals surface area contributed by atoms with Crippen molar-refractivity contribution in [1.82, 2.24) is 9.40 Å². The standard InChI is InChI=1S/C25H18F3N3O2S/c26-25(27,28)18-14-23(31(15-18)20-11-9-19(10-12-20)29-30-34(32)33)24-21-7-3-1-5-16(21)13-17-6-2-4-8-22(17)24/h1-15,29-30H,(H,32,33). The predicted octanol–water partition coefficient (Wildman–Crippen LogP) is 6.52. The van der Waals surface area contributed by atoms with Gasteiger partial charge in [0.2, 0.25) is 11.3 Å². The molecule has 4 aromatic carbocycles. The molecule has 172 valence electrons. The Hall–Kier alpha value is -3.66. The summed E-state index contributed by atoms with van der Waals surface area (Å²) in [5, 5.41) is 3.56. The Labute approximate surface area is 195 Å². The third-order valence-corrected chi connectivity index (χ3v) is 5.88. The van der Waals surface area contributed by atoms with Crippen LogP contribution in [0.3, 0.4) is 0 Å². The van der Waals surface area contributed by atoms with Gasteiger partial charge in [0.15, 0.2) is 0 Å². The number of halogens is 3. The average molecular weight is 481 g/mol. The highest BCUT2D eigenvalue weighted by molar-refractivity contribution is 7.77. The number of nitrogens with one attached hydrogen (secondary N) is 2. The monoisotopic (exact) mass is 481 g/mol. The average Bonchev–Trinajstić information content (AvgIpc) is 3.27. The van der Waals surface area contributed by atoms with Crippen molar-refractivity contribution in [3.63, 3.8) is 0 Å². The summed E-state index contributed by atoms with van der Waals surface area (Å²) in [5.41, 5.74) is 3.92. The fourth-order valence-corrected chi connectivity index (χ4v) is 4.33. The highest BCUT2D eigenvalue weighted by Gasteiger charge is 2.33. The zero-order valence-electron chi connectivity index (χ0n) is 17.5. The Kier molecular flexibility index (Phi) is 5.60. The van der Waals surface area contributed by atoms with Gasteiger partial charge < -0.3 is 9.99 Å². The highest BCUT2D eigenvalue weighted by Crippen LogP contribution is 2.41. The highest BCUT2D eigenvalue weighted by atomic mass is 32.2. The maximum Gasteiger partial charge on any atom is 0.417 e. The molecule has 0 saturated carbocycles. The molecule has 0 amide bonds. The zero-order chi connectivity index (χ0) is 23.9. The summed E-state index contributed by atoms with van der Waals surface area (Å²) in [7, 11) is 0. The lowest BCUT2D eigenvalue weighted by Crippen LogP contribution is -2.23. The van der Waals surface area contributed by atoms with E-state index < -0.39 is 23.0 Å². The summed E-state index contributed by atoms with van der Waals surface area (Å²) >= 11 is -2.26. The molecule has 1 unspecified atom stereocenters. The van der Waals surface area contributed by atoms with E-state index in [2.05, 4.69) is 10.3 Å². The molecular formula is C25H18F3N3O2S. The first-order valence-electron chi connectivity index (χ1n) is 10.2. The summed E-state index contributed by atoms with van der Waals surface area (Å²) in [6, 6.07) is 25.0. The molecule has 34 heavy (non-hydrogen) atoms. The Morgan fingerprint density at radius 1 is 0.824 bits per heavy atom. The van der Waals surface area contributed by atoms with E-state index in [1.807, 2.05) is 54.6 Å². The van der Waals surface area contributed by atoms with Crippen LogP contribution in [-0.2, 0) is 17.4 Å². The van der Waals surface area contributed by atoms with Crippen LogP contribution in [0.25, 0.3) is 38.5 Å². The van der Waals surface area contributed by atoms with Crippen LogP contribution in [0, 0.1) is 0 Å². The molecular weight excluding hydrogens is 463 g/mol. The Bertz CT molecular complexity index is 1470. The molecule has 1 aromatic heterocycles. The number of fused-ring (bicyclic) bond motifs is 2. The van der Waals surface area contributed by atoms with Crippen molar-refractivity contribution in [2.75, 3.05) is 5.43 Å². The predicted molar refractivity (Wildman–Crippen MR) is 129 cm³/mol. The van der Waals surface area contributed by atoms with Crippen molar-refractivity contribution in [3.05, 3.63) is 96.7 Å². The van der Waals surface area contributed by atoms with E-state index in [0.29, 0.717) is 22.6 Å². The smallest absolute Gasteiger partial charge is 0.316 e. The molecule has 3 N–H and O–H groups in total. The molecule has 1 heterocycles. The van der Waals surface area contributed by atoms with E-state index in [-0.39, 0.29) is 0 Å². The Morgan fingerprint density at radius 2 is 1.41 bits per heavy atom. The minimum Gasteiger partial charge on any atom is -0.316 e. The van der Waals surface area contributed by atoms with Gasteiger partial charge in [-0.2, -0.15) is 13.2 Å². The first-order valence-corrected chi connectivity index (χ1v) is 11.4. The maximum atomic E-state index is 13.8. The molecule has 5 rings (SSSR count). The van der Waals surface area contributed by atoms with Gasteiger partial charge in [0.1, 0.15) is 0 Å². The van der Waals surface area contributed by atoms with Crippen molar-refractivity contribution >= 4 is 38.5 Å². The molecule has 0 aliphatic carbocycles. The van der Waals surface area contributed by atoms with Crippen molar-refractivity contribution in [2.45, 2.75) is 6.18 Å². The van der Waals surface area contributed by atoms with Gasteiger partial charge in [0, 0.05) is 23.1 Å². The van der Waals surface area contributed by atoms with Gasteiger partial charge in [-0.3, -0.25) is 4.55 Å². The number of hydrazine groups is 1. The Balaban J connectivity index is 1.75. The fraction of sp³-hybridized carbons (Fsp3) is 0.0400. The molecule has 0 spiro atoms. The summed E-state index contributed by atoms with van der Waals surface area (Å²) < 4.78 is 62.6. The van der Waals surface area contributed by atoms with Crippen LogP contribution in [-0.4, -0.2) is 13.3 Å². The number of hydrogen-bond acceptors (Lipinski definition) is 2. The second kappa shape index (κ2) is 8.60. The van der Waals surface area contributed by atoms with Crippen LogP contribution in [0.4, 0.5) is 18.9 Å². The third kappa shape index (κ3) is 4.16. The van der Waals surface area contributed by atoms with Gasteiger partial charge in [-0.05, 0) is 57.9 Å². The molecule has 0 aliphatic heterocycles. The topological polar surface area (TPSA) is 66.3 Å². The molecule has 0 radical (unpaired) electrons. The van der Waals surface area contributed by atoms with Crippen LogP contribution in [0.15, 0.2) is 91.1 Å². The van der Waals surface area contributed by atoms with E-state index in [4.69, 9.17) is 4.55 Å². The van der Waals surface area contributed by atoms with Gasteiger partial charge in [0.05, 0.1) is 11.3 Å². The van der Waals surface area contributed by atoms with Crippen molar-refractivity contribution in [1.29, 1.82) is 0 Å². The van der Waals surface area contributed by atoms with Crippen LogP contribution >= 0.6 is 0 Å². The molecule has 5 aromatic rings. The van der Waals surface area contributed by atoms with Crippen LogP contribution < -0.4 is 10.3 Å². The zero-order valence-corrected chi connectivity index (χ0v) is 18.3. The summed E-state index contributed by atoms with van der Waals surface area (Å²) in [4.78, 5) is 2.14. The number of nitrogens with zero attached hydrogens (tertiary/aromatic N) is 1. The van der Waals surface area contributed by atoms with Crippen LogP contribution in [0.5, 0.6) is 0 Å². The second-order valence-corrected chi connectivity index (χ2v) is 8.40. The lowest BCUT2D eigenvalue weighted by Gasteiger charge is -2.15. The number of anilines is 1. The largest absolute Gasteiger partial charge is 0.417 e. The minimum absolute atomic E-state index is 0.413. The summed E-state index contributed by atoms with van der Waals surface area (Å²) in [6.07, 6.45) is -3.42. The third-order valence-electron chi connectivity index (χ3n) is 5.60. The SMILES string of the molecule is O=S(O)NNc1ccc(-n2cc(C(F)(F)F)cc2-c2c3ccccc3cc3ccccc23)cc1. The first-order chi connectivity index (χ1) is 16.3. The van der Waals surface area contributed by atoms with E-state index in [1.165, 1.54) is 10.6 Å². The number of rotatable bonds is 5. The number of benzene rings is 4. The first kappa shape index (κ1) is 22.1. The van der Waals surface area contributed by atoms with Gasteiger partial charge >= 0.3 is 6.18 Å². The van der Waals surface area contributed by atoms with Crippen molar-refractivity contribution < 1.29 is 21.9 Å². The lowest BCUT2D eigenvalue weighted by atomic mass is 9.94. The van der Waals surface area contributed by atoms with Crippen LogP contribution in [0.2, 0.25) is 0 Å². The summed E-state index contributed by atoms with van der Waals surface area (Å²) in [5.74, 6) is 0. The van der Waals surface area contributed by atoms with Gasteiger partial charge in [-0.25, -0.2) is 4.21 Å². The van der Waals surface area contributed by atoms with Crippen LogP contribution in [0.1, 0.15) is 5.56 Å². The quantitative estimate of drug-likeness (QED) is 0.152. The Morgan fingerprint density at radius 3 is 1.97 bits per heavy atom. The molecule has 0 fully saturated rings. The summed E-state index contributed by atoms with van der Waals surface area (Å²) in [6.45, 7) is 0. The molecule has 0 saturated heterocycles. The minimum atomic E-state index is -4.52. The molecule has 9 heteroatoms. The lowest BCUT2D eigenvalue weighted by molar-refractivity contribution is -0.137. The fourth-order valence-electron chi connectivity index (χ4n) is 4.12. The van der Waals surface area contributed by atoms with E-state index in [0.717, 1.165) is 27.7 Å². The van der Waals surface area contributed by atoms with Crippen molar-refractivity contribution in [2.24, 2.45) is 0 Å². The molecule has 1 atom stereocenters. The number of alkyl halides is 3. The maximum absolute atomic E-state index is 13.8. The molecule has 5 nitrogen and oxygen atoms in total. The van der Waals surface area contributed by atoms with E-state index >= 15 is 0 Å². The molecule has 0 aliphatic rings.